The number of aliphatic hydroxyl groups is 1. The molecular formula is C39H45IrN2O3S2-. The Morgan fingerprint density at radius 3 is 2.19 bits per heavy atom. The number of furan rings is 1. The summed E-state index contributed by atoms with van der Waals surface area (Å²) in [4.78, 5) is 21.3. The van der Waals surface area contributed by atoms with Crippen molar-refractivity contribution in [2.45, 2.75) is 93.4 Å². The Hall–Kier alpha value is -2.90. The molecule has 0 fully saturated rings. The summed E-state index contributed by atoms with van der Waals surface area (Å²) in [5.41, 5.74) is 4.11. The van der Waals surface area contributed by atoms with E-state index in [1.807, 2.05) is 41.5 Å². The predicted octanol–water partition coefficient (Wildman–Crippen LogP) is 12.2. The Bertz CT molecular complexity index is 2050. The number of fused-ring (bicyclic) bond motifs is 6. The van der Waals surface area contributed by atoms with Crippen LogP contribution in [0.3, 0.4) is 0 Å². The molecule has 0 spiro atoms. The van der Waals surface area contributed by atoms with Gasteiger partial charge in [-0.2, -0.15) is 11.3 Å². The number of thiophene rings is 2. The van der Waals surface area contributed by atoms with Crippen LogP contribution >= 0.6 is 22.7 Å². The molecular weight excluding hydrogens is 801 g/mol. The molecule has 0 aliphatic rings. The third-order valence-corrected chi connectivity index (χ3v) is 11.8. The van der Waals surface area contributed by atoms with Crippen molar-refractivity contribution in [3.8, 4) is 11.3 Å². The standard InChI is InChI=1S/C24H17N2OS2.C15H28O2.Ir/c1-24(2,3)17-11-14(10-13-6-8-29-22(13)17)20-19-16-4-5-18-15(7-9-28-18)21(16)27-23(19)26-12-25-20;1-7-14(5,8-2)12(16)11-13(17)15(6,9-3)10-4;/h4-9,11-12H,1-3H3;11,16H,7-10H2,1-6H3;/q-1;;/b;12-11-;. The molecule has 0 saturated heterocycles. The monoisotopic (exact) mass is 846 g/mol. The van der Waals surface area contributed by atoms with Gasteiger partial charge < -0.3 is 9.52 Å². The van der Waals surface area contributed by atoms with Crippen molar-refractivity contribution in [1.29, 1.82) is 0 Å². The van der Waals surface area contributed by atoms with E-state index in [1.165, 1.54) is 21.0 Å². The largest absolute Gasteiger partial charge is 0.512 e. The Kier molecular flexibility index (Phi) is 11.2. The number of aliphatic hydroxyl groups excluding tert-OH is 1. The quantitative estimate of drug-likeness (QED) is 0.0938. The summed E-state index contributed by atoms with van der Waals surface area (Å²) < 4.78 is 8.71. The van der Waals surface area contributed by atoms with Gasteiger partial charge in [0, 0.05) is 63.6 Å². The first-order valence-electron chi connectivity index (χ1n) is 16.2. The molecule has 0 aliphatic heterocycles. The summed E-state index contributed by atoms with van der Waals surface area (Å²) in [6, 6.07) is 14.4. The van der Waals surface area contributed by atoms with Crippen LogP contribution in [0.25, 0.3) is 53.5 Å². The zero-order valence-electron chi connectivity index (χ0n) is 28.8. The molecule has 0 aliphatic carbocycles. The van der Waals surface area contributed by atoms with Crippen LogP contribution < -0.4 is 0 Å². The van der Waals surface area contributed by atoms with Gasteiger partial charge in [-0.3, -0.25) is 9.78 Å². The molecule has 1 N–H and O–H groups in total. The van der Waals surface area contributed by atoms with Crippen LogP contribution in [0.1, 0.15) is 93.6 Å². The van der Waals surface area contributed by atoms with E-state index >= 15 is 0 Å². The van der Waals surface area contributed by atoms with Crippen LogP contribution in [0, 0.1) is 16.9 Å². The number of carbonyl (C=O) groups excluding carboxylic acids is 1. The number of carbonyl (C=O) groups is 1. The van der Waals surface area contributed by atoms with Crippen molar-refractivity contribution in [2.75, 3.05) is 0 Å². The molecule has 0 unspecified atom stereocenters. The maximum atomic E-state index is 12.2. The first kappa shape index (κ1) is 36.9. The number of allylic oxidation sites excluding steroid dienone is 2. The fourth-order valence-corrected chi connectivity index (χ4v) is 7.55. The summed E-state index contributed by atoms with van der Waals surface area (Å²) in [5.74, 6) is 0.286. The molecule has 4 heterocycles. The van der Waals surface area contributed by atoms with E-state index in [2.05, 4.69) is 77.9 Å². The van der Waals surface area contributed by atoms with Gasteiger partial charge in [0.1, 0.15) is 17.7 Å². The molecule has 6 rings (SSSR count). The molecule has 1 radical (unpaired) electrons. The maximum Gasteiger partial charge on any atom is 0.223 e. The second-order valence-electron chi connectivity index (χ2n) is 13.7. The maximum absolute atomic E-state index is 12.2. The van der Waals surface area contributed by atoms with E-state index in [9.17, 15) is 9.90 Å². The van der Waals surface area contributed by atoms with Crippen molar-refractivity contribution in [3.05, 3.63) is 70.9 Å². The van der Waals surface area contributed by atoms with Gasteiger partial charge >= 0.3 is 0 Å². The predicted molar refractivity (Wildman–Crippen MR) is 196 cm³/mol. The first-order valence-corrected chi connectivity index (χ1v) is 18.0. The van der Waals surface area contributed by atoms with E-state index in [0.717, 1.165) is 64.1 Å². The number of hydrogen-bond donors (Lipinski definition) is 1. The third-order valence-electron chi connectivity index (χ3n) is 10.00. The first-order chi connectivity index (χ1) is 21.8. The van der Waals surface area contributed by atoms with E-state index < -0.39 is 0 Å². The topological polar surface area (TPSA) is 76.2 Å². The van der Waals surface area contributed by atoms with E-state index in [-0.39, 0.29) is 47.9 Å². The zero-order chi connectivity index (χ0) is 33.4. The van der Waals surface area contributed by atoms with Gasteiger partial charge in [0.2, 0.25) is 5.71 Å². The second kappa shape index (κ2) is 14.3. The molecule has 0 atom stereocenters. The molecule has 5 nitrogen and oxygen atoms in total. The van der Waals surface area contributed by atoms with Gasteiger partial charge in [-0.05, 0) is 64.8 Å². The van der Waals surface area contributed by atoms with Crippen molar-refractivity contribution in [3.63, 3.8) is 0 Å². The Labute approximate surface area is 299 Å². The molecule has 251 valence electrons. The summed E-state index contributed by atoms with van der Waals surface area (Å²) in [5, 5.41) is 18.6. The number of hydrogen-bond acceptors (Lipinski definition) is 7. The molecule has 0 bridgehead atoms. The third kappa shape index (κ3) is 6.98. The van der Waals surface area contributed by atoms with Crippen LogP contribution in [0.4, 0.5) is 0 Å². The van der Waals surface area contributed by atoms with E-state index in [1.54, 1.807) is 29.0 Å². The molecule has 4 aromatic heterocycles. The number of benzene rings is 2. The van der Waals surface area contributed by atoms with Gasteiger partial charge in [-0.15, -0.1) is 34.9 Å². The average molecular weight is 846 g/mol. The zero-order valence-corrected chi connectivity index (χ0v) is 32.9. The average Bonchev–Trinajstić information content (AvgIpc) is 3.81. The van der Waals surface area contributed by atoms with Crippen molar-refractivity contribution < 1.29 is 34.4 Å². The summed E-state index contributed by atoms with van der Waals surface area (Å²) in [6.45, 7) is 18.8. The van der Waals surface area contributed by atoms with Gasteiger partial charge in [0.25, 0.3) is 0 Å². The Morgan fingerprint density at radius 2 is 1.55 bits per heavy atom. The normalized spacial score (nSPS) is 12.8. The molecule has 0 saturated carbocycles. The molecule has 47 heavy (non-hydrogen) atoms. The fraction of sp³-hybridized carbons (Fsp3) is 0.410. The number of aromatic nitrogens is 2. The number of ketones is 1. The second-order valence-corrected chi connectivity index (χ2v) is 15.6. The molecule has 2 aromatic carbocycles. The minimum Gasteiger partial charge on any atom is -0.512 e. The molecule has 0 amide bonds. The van der Waals surface area contributed by atoms with Crippen LogP contribution in [-0.2, 0) is 30.3 Å². The molecule has 6 aromatic rings. The van der Waals surface area contributed by atoms with Crippen LogP contribution in [0.2, 0.25) is 0 Å². The summed E-state index contributed by atoms with van der Waals surface area (Å²) in [7, 11) is 0. The van der Waals surface area contributed by atoms with Crippen LogP contribution in [0.15, 0.2) is 63.7 Å². The van der Waals surface area contributed by atoms with Crippen molar-refractivity contribution in [1.82, 2.24) is 9.97 Å². The molecule has 8 heteroatoms. The van der Waals surface area contributed by atoms with Crippen LogP contribution in [0.5, 0.6) is 0 Å². The van der Waals surface area contributed by atoms with Gasteiger partial charge in [0.05, 0.1) is 0 Å². The summed E-state index contributed by atoms with van der Waals surface area (Å²) in [6.07, 6.45) is 6.34. The SMILES string of the molecule is CC(C)(C)c1cc(-c2ncnc3oc4c5ccsc5ccc4c23)[c-]c2ccsc12.CCC(C)(CC)C(=O)/C=C(\O)C(C)(CC)CC.[Ir]. The minimum atomic E-state index is -0.337. The van der Waals surface area contributed by atoms with Crippen LogP contribution in [-0.4, -0.2) is 20.9 Å². The van der Waals surface area contributed by atoms with E-state index in [0.29, 0.717) is 5.71 Å². The Balaban J connectivity index is 0.000000242. The van der Waals surface area contributed by atoms with Gasteiger partial charge in [-0.1, -0.05) is 73.4 Å². The number of rotatable bonds is 8. The minimum absolute atomic E-state index is 0. The van der Waals surface area contributed by atoms with Crippen molar-refractivity contribution in [2.24, 2.45) is 10.8 Å². The van der Waals surface area contributed by atoms with Gasteiger partial charge in [-0.25, -0.2) is 4.98 Å². The Morgan fingerprint density at radius 1 is 0.894 bits per heavy atom. The van der Waals surface area contributed by atoms with E-state index in [4.69, 9.17) is 4.42 Å². The van der Waals surface area contributed by atoms with Gasteiger partial charge in [0.15, 0.2) is 5.78 Å². The number of nitrogens with zero attached hydrogens (tertiary/aromatic N) is 2. The smallest absolute Gasteiger partial charge is 0.223 e. The summed E-state index contributed by atoms with van der Waals surface area (Å²) >= 11 is 3.49. The van der Waals surface area contributed by atoms with Crippen molar-refractivity contribution >= 4 is 70.7 Å². The fourth-order valence-electron chi connectivity index (χ4n) is 5.69.